The van der Waals surface area contributed by atoms with Gasteiger partial charge in [0.1, 0.15) is 5.76 Å². The third-order valence-electron chi connectivity index (χ3n) is 1.90. The van der Waals surface area contributed by atoms with Gasteiger partial charge in [-0.2, -0.15) is 0 Å². The highest BCUT2D eigenvalue weighted by molar-refractivity contribution is 5.84. The third kappa shape index (κ3) is 2.00. The first-order valence-corrected chi connectivity index (χ1v) is 4.46. The van der Waals surface area contributed by atoms with Crippen LogP contribution in [0.2, 0.25) is 0 Å². The summed E-state index contributed by atoms with van der Waals surface area (Å²) in [7, 11) is 0. The Labute approximate surface area is 90.2 Å². The standard InChI is InChI=1S/C10H8N2O4/c1-6-7(4-5-15-6)10-12-11-8(16-10)2-3-9(13)14/h2-5H,1H3,(H,13,14)/b3-2+. The molecule has 82 valence electrons. The van der Waals surface area contributed by atoms with Gasteiger partial charge in [0.2, 0.25) is 5.89 Å². The van der Waals surface area contributed by atoms with Gasteiger partial charge in [0.05, 0.1) is 11.8 Å². The van der Waals surface area contributed by atoms with E-state index in [9.17, 15) is 4.79 Å². The predicted octanol–water partition coefficient (Wildman–Crippen LogP) is 1.74. The van der Waals surface area contributed by atoms with E-state index >= 15 is 0 Å². The van der Waals surface area contributed by atoms with Crippen LogP contribution in [0.3, 0.4) is 0 Å². The number of carboxylic acids is 1. The molecule has 0 radical (unpaired) electrons. The van der Waals surface area contributed by atoms with Crippen molar-refractivity contribution >= 4 is 12.0 Å². The lowest BCUT2D eigenvalue weighted by atomic mass is 10.3. The number of aliphatic carboxylic acids is 1. The fourth-order valence-electron chi connectivity index (χ4n) is 1.16. The Bertz CT molecular complexity index is 539. The lowest BCUT2D eigenvalue weighted by molar-refractivity contribution is -0.131. The van der Waals surface area contributed by atoms with Crippen LogP contribution in [0.15, 0.2) is 27.2 Å². The Balaban J connectivity index is 2.27. The molecule has 16 heavy (non-hydrogen) atoms. The Kier molecular flexibility index (Phi) is 2.55. The third-order valence-corrected chi connectivity index (χ3v) is 1.90. The number of aryl methyl sites for hydroxylation is 1. The molecule has 0 aromatic carbocycles. The molecule has 2 heterocycles. The SMILES string of the molecule is Cc1occc1-c1nnc(/C=C/C(=O)O)o1. The van der Waals surface area contributed by atoms with Gasteiger partial charge in [-0.05, 0) is 13.0 Å². The number of aromatic nitrogens is 2. The maximum absolute atomic E-state index is 10.3. The number of rotatable bonds is 3. The topological polar surface area (TPSA) is 89.4 Å². The van der Waals surface area contributed by atoms with Crippen LogP contribution in [-0.4, -0.2) is 21.3 Å². The molecule has 0 unspecified atom stereocenters. The summed E-state index contributed by atoms with van der Waals surface area (Å²) in [6, 6.07) is 1.70. The average molecular weight is 220 g/mol. The highest BCUT2D eigenvalue weighted by atomic mass is 16.4. The van der Waals surface area contributed by atoms with E-state index < -0.39 is 5.97 Å². The van der Waals surface area contributed by atoms with Crippen LogP contribution >= 0.6 is 0 Å². The minimum atomic E-state index is -1.07. The Morgan fingerprint density at radius 1 is 1.50 bits per heavy atom. The molecule has 0 aliphatic heterocycles. The largest absolute Gasteiger partial charge is 0.478 e. The quantitative estimate of drug-likeness (QED) is 0.792. The van der Waals surface area contributed by atoms with Gasteiger partial charge >= 0.3 is 5.97 Å². The van der Waals surface area contributed by atoms with Crippen LogP contribution in [0, 0.1) is 6.92 Å². The number of carbonyl (C=O) groups is 1. The second-order valence-corrected chi connectivity index (χ2v) is 3.01. The molecule has 2 aromatic heterocycles. The first kappa shape index (κ1) is 10.2. The highest BCUT2D eigenvalue weighted by Gasteiger charge is 2.11. The lowest BCUT2D eigenvalue weighted by Crippen LogP contribution is -1.85. The molecule has 0 saturated carbocycles. The molecule has 0 atom stereocenters. The second-order valence-electron chi connectivity index (χ2n) is 3.01. The molecule has 1 N–H and O–H groups in total. The molecule has 0 aliphatic carbocycles. The molecule has 6 heteroatoms. The fourth-order valence-corrected chi connectivity index (χ4v) is 1.16. The summed E-state index contributed by atoms with van der Waals surface area (Å²) in [5.41, 5.74) is 0.697. The Morgan fingerprint density at radius 3 is 2.94 bits per heavy atom. The molecule has 2 aromatic rings. The molecule has 0 aliphatic rings. The fraction of sp³-hybridized carbons (Fsp3) is 0.100. The van der Waals surface area contributed by atoms with Gasteiger partial charge < -0.3 is 13.9 Å². The molecule has 6 nitrogen and oxygen atoms in total. The van der Waals surface area contributed by atoms with Crippen molar-refractivity contribution < 1.29 is 18.7 Å². The van der Waals surface area contributed by atoms with Gasteiger partial charge in [-0.15, -0.1) is 10.2 Å². The first-order valence-electron chi connectivity index (χ1n) is 4.46. The smallest absolute Gasteiger partial charge is 0.328 e. The zero-order valence-electron chi connectivity index (χ0n) is 8.38. The molecular weight excluding hydrogens is 212 g/mol. The molecule has 0 fully saturated rings. The minimum Gasteiger partial charge on any atom is -0.478 e. The van der Waals surface area contributed by atoms with Crippen LogP contribution in [0.1, 0.15) is 11.7 Å². The van der Waals surface area contributed by atoms with Crippen molar-refractivity contribution in [2.24, 2.45) is 0 Å². The highest BCUT2D eigenvalue weighted by Crippen LogP contribution is 2.22. The summed E-state index contributed by atoms with van der Waals surface area (Å²) in [6.45, 7) is 1.77. The van der Waals surface area contributed by atoms with E-state index in [0.717, 1.165) is 6.08 Å². The van der Waals surface area contributed by atoms with Crippen LogP contribution in [0.4, 0.5) is 0 Å². The number of carboxylic acid groups (broad SMARTS) is 1. The molecule has 0 saturated heterocycles. The summed E-state index contributed by atoms with van der Waals surface area (Å²) >= 11 is 0. The zero-order chi connectivity index (χ0) is 11.5. The van der Waals surface area contributed by atoms with Crippen LogP contribution < -0.4 is 0 Å². The monoisotopic (exact) mass is 220 g/mol. The van der Waals surface area contributed by atoms with Crippen LogP contribution in [-0.2, 0) is 4.79 Å². The van der Waals surface area contributed by atoms with E-state index in [2.05, 4.69) is 10.2 Å². The number of hydrogen-bond donors (Lipinski definition) is 1. The van der Waals surface area contributed by atoms with E-state index in [0.29, 0.717) is 17.2 Å². The molecular formula is C10H8N2O4. The van der Waals surface area contributed by atoms with Crippen LogP contribution in [0.5, 0.6) is 0 Å². The van der Waals surface area contributed by atoms with E-state index in [1.165, 1.54) is 12.3 Å². The van der Waals surface area contributed by atoms with Crippen molar-refractivity contribution in [2.75, 3.05) is 0 Å². The van der Waals surface area contributed by atoms with E-state index in [1.54, 1.807) is 13.0 Å². The van der Waals surface area contributed by atoms with E-state index in [-0.39, 0.29) is 5.89 Å². The molecule has 0 spiro atoms. The van der Waals surface area contributed by atoms with Gasteiger partial charge in [0.15, 0.2) is 0 Å². The molecule has 0 amide bonds. The summed E-state index contributed by atoms with van der Waals surface area (Å²) in [6.07, 6.45) is 3.68. The second kappa shape index (κ2) is 4.01. The maximum atomic E-state index is 10.3. The maximum Gasteiger partial charge on any atom is 0.328 e. The summed E-state index contributed by atoms with van der Waals surface area (Å²) in [5.74, 6) is 0.0333. The first-order chi connectivity index (χ1) is 7.66. The van der Waals surface area contributed by atoms with Gasteiger partial charge in [-0.25, -0.2) is 4.79 Å². The minimum absolute atomic E-state index is 0.137. The van der Waals surface area contributed by atoms with E-state index in [1.807, 2.05) is 0 Å². The molecule has 2 rings (SSSR count). The molecule has 0 bridgehead atoms. The van der Waals surface area contributed by atoms with Crippen molar-refractivity contribution in [2.45, 2.75) is 6.92 Å². The van der Waals surface area contributed by atoms with Gasteiger partial charge in [0, 0.05) is 12.2 Å². The predicted molar refractivity (Wildman–Crippen MR) is 53.4 cm³/mol. The van der Waals surface area contributed by atoms with Crippen molar-refractivity contribution in [3.8, 4) is 11.5 Å². The lowest BCUT2D eigenvalue weighted by Gasteiger charge is -1.88. The summed E-state index contributed by atoms with van der Waals surface area (Å²) in [4.78, 5) is 10.3. The van der Waals surface area contributed by atoms with Crippen molar-refractivity contribution in [3.05, 3.63) is 30.1 Å². The summed E-state index contributed by atoms with van der Waals surface area (Å²) in [5, 5.41) is 15.9. The van der Waals surface area contributed by atoms with Gasteiger partial charge in [0.25, 0.3) is 5.89 Å². The van der Waals surface area contributed by atoms with Crippen molar-refractivity contribution in [3.63, 3.8) is 0 Å². The Morgan fingerprint density at radius 2 is 2.31 bits per heavy atom. The van der Waals surface area contributed by atoms with Crippen LogP contribution in [0.25, 0.3) is 17.5 Å². The number of hydrogen-bond acceptors (Lipinski definition) is 5. The van der Waals surface area contributed by atoms with Crippen molar-refractivity contribution in [1.29, 1.82) is 0 Å². The zero-order valence-corrected chi connectivity index (χ0v) is 8.38. The Hall–Kier alpha value is -2.37. The summed E-state index contributed by atoms with van der Waals surface area (Å²) < 4.78 is 10.3. The van der Waals surface area contributed by atoms with Gasteiger partial charge in [-0.3, -0.25) is 0 Å². The normalized spacial score (nSPS) is 11.1. The number of nitrogens with zero attached hydrogens (tertiary/aromatic N) is 2. The average Bonchev–Trinajstić information content (AvgIpc) is 2.83. The van der Waals surface area contributed by atoms with Gasteiger partial charge in [-0.1, -0.05) is 0 Å². The van der Waals surface area contributed by atoms with E-state index in [4.69, 9.17) is 13.9 Å². The number of furan rings is 1. The van der Waals surface area contributed by atoms with Crippen molar-refractivity contribution in [1.82, 2.24) is 10.2 Å².